The Balaban J connectivity index is 0.00000280. The Hall–Kier alpha value is -2.76. The molecule has 0 aliphatic carbocycles. The summed E-state index contributed by atoms with van der Waals surface area (Å²) in [5.41, 5.74) is 0.251. The average molecular weight is 611 g/mol. The second-order valence-corrected chi connectivity index (χ2v) is 9.84. The van der Waals surface area contributed by atoms with Gasteiger partial charge in [-0.25, -0.2) is 4.98 Å². The minimum absolute atomic E-state index is 0. The topological polar surface area (TPSA) is 41.4 Å². The summed E-state index contributed by atoms with van der Waals surface area (Å²) in [6.45, 7) is 5.37. The summed E-state index contributed by atoms with van der Waals surface area (Å²) in [6.07, 6.45) is -6.12. The molecule has 1 atom stereocenters. The maximum atomic E-state index is 13.5. The molecule has 0 bridgehead atoms. The average Bonchev–Trinajstić information content (AvgIpc) is 3.24. The van der Waals surface area contributed by atoms with Crippen LogP contribution < -0.4 is 0 Å². The predicted octanol–water partition coefficient (Wildman–Crippen LogP) is 6.49. The SMILES string of the molecule is Cc1ccc(C[C@@H]2CN(Cc3cn(C)cn3)CCN2C(=O)c2cc(C(F)(F)F)cc(C(F)(F)F)c2)cc1C.Cl.Cl. The van der Waals surface area contributed by atoms with E-state index in [-0.39, 0.29) is 37.4 Å². The number of aryl methyl sites for hydroxylation is 3. The van der Waals surface area contributed by atoms with E-state index in [4.69, 9.17) is 0 Å². The van der Waals surface area contributed by atoms with Crippen molar-refractivity contribution in [3.05, 3.63) is 88.0 Å². The van der Waals surface area contributed by atoms with Gasteiger partial charge in [-0.2, -0.15) is 26.3 Å². The molecule has 1 fully saturated rings. The Morgan fingerprint density at radius 1 is 0.925 bits per heavy atom. The standard InChI is InChI=1S/C27H28F6N4O.2ClH/c1-17-4-5-19(8-18(17)2)9-24-15-36(14-23-13-35(3)16-34-23)6-7-37(24)25(38)20-10-21(26(28,29)30)12-22(11-20)27(31,32)33;;/h4-5,8,10-13,16,24H,6-7,9,14-15H2,1-3H3;2*1H/t24-;;/m1../s1. The van der Waals surface area contributed by atoms with Crippen molar-refractivity contribution in [3.8, 4) is 0 Å². The Morgan fingerprint density at radius 3 is 2.08 bits per heavy atom. The van der Waals surface area contributed by atoms with Crippen LogP contribution in [0.1, 0.15) is 43.9 Å². The van der Waals surface area contributed by atoms with Gasteiger partial charge in [0.05, 0.1) is 23.1 Å². The summed E-state index contributed by atoms with van der Waals surface area (Å²) < 4.78 is 82.4. The van der Waals surface area contributed by atoms with Gasteiger partial charge in [-0.3, -0.25) is 9.69 Å². The second-order valence-electron chi connectivity index (χ2n) is 9.84. The summed E-state index contributed by atoms with van der Waals surface area (Å²) in [6, 6.07) is 6.44. The normalized spacial score (nSPS) is 16.3. The van der Waals surface area contributed by atoms with E-state index in [2.05, 4.69) is 9.88 Å². The zero-order chi connectivity index (χ0) is 27.8. The van der Waals surface area contributed by atoms with Gasteiger partial charge in [0.2, 0.25) is 0 Å². The smallest absolute Gasteiger partial charge is 0.340 e. The highest BCUT2D eigenvalue weighted by Gasteiger charge is 2.39. The Labute approximate surface area is 241 Å². The molecule has 1 saturated heterocycles. The molecule has 4 rings (SSSR count). The Bertz CT molecular complexity index is 1290. The van der Waals surface area contributed by atoms with Crippen molar-refractivity contribution in [2.75, 3.05) is 19.6 Å². The Morgan fingerprint density at radius 2 is 1.55 bits per heavy atom. The third-order valence-electron chi connectivity index (χ3n) is 6.85. The van der Waals surface area contributed by atoms with Crippen LogP contribution in [0.3, 0.4) is 0 Å². The van der Waals surface area contributed by atoms with Crippen molar-refractivity contribution in [2.24, 2.45) is 7.05 Å². The molecular formula is C27H30Cl2F6N4O. The molecule has 1 aliphatic rings. The van der Waals surface area contributed by atoms with Crippen molar-refractivity contribution in [3.63, 3.8) is 0 Å². The number of hydrogen-bond acceptors (Lipinski definition) is 3. The van der Waals surface area contributed by atoms with Crippen molar-refractivity contribution in [2.45, 2.75) is 45.2 Å². The molecule has 13 heteroatoms. The first kappa shape index (κ1) is 33.4. The van der Waals surface area contributed by atoms with Gasteiger partial charge < -0.3 is 9.47 Å². The van der Waals surface area contributed by atoms with Crippen LogP contribution in [0.5, 0.6) is 0 Å². The predicted molar refractivity (Wildman–Crippen MR) is 144 cm³/mol. The third kappa shape index (κ3) is 7.92. The number of benzene rings is 2. The number of aromatic nitrogens is 2. The van der Waals surface area contributed by atoms with Crippen molar-refractivity contribution >= 4 is 30.7 Å². The largest absolute Gasteiger partial charge is 0.416 e. The van der Waals surface area contributed by atoms with Crippen molar-refractivity contribution < 1.29 is 31.1 Å². The first-order chi connectivity index (χ1) is 17.7. The lowest BCUT2D eigenvalue weighted by Gasteiger charge is -2.41. The maximum absolute atomic E-state index is 13.5. The first-order valence-corrected chi connectivity index (χ1v) is 12.1. The van der Waals surface area contributed by atoms with Crippen LogP contribution in [0.15, 0.2) is 48.9 Å². The number of amides is 1. The fourth-order valence-corrected chi connectivity index (χ4v) is 4.73. The van der Waals surface area contributed by atoms with Gasteiger partial charge >= 0.3 is 12.4 Å². The van der Waals surface area contributed by atoms with Gasteiger partial charge in [0, 0.05) is 51.0 Å². The lowest BCUT2D eigenvalue weighted by atomic mass is 9.97. The molecule has 3 aromatic rings. The third-order valence-corrected chi connectivity index (χ3v) is 6.85. The van der Waals surface area contributed by atoms with Crippen LogP contribution in [-0.4, -0.2) is 50.9 Å². The minimum atomic E-state index is -5.03. The number of piperazine rings is 1. The number of imidazole rings is 1. The number of carbonyl (C=O) groups is 1. The zero-order valence-electron chi connectivity index (χ0n) is 22.0. The van der Waals surface area contributed by atoms with Crippen LogP contribution in [0.2, 0.25) is 0 Å². The zero-order valence-corrected chi connectivity index (χ0v) is 23.6. The molecule has 0 spiro atoms. The quantitative estimate of drug-likeness (QED) is 0.310. The van der Waals surface area contributed by atoms with E-state index in [1.165, 1.54) is 4.90 Å². The molecule has 1 amide bonds. The van der Waals surface area contributed by atoms with Gasteiger partial charge in [0.1, 0.15) is 0 Å². The molecule has 2 aromatic carbocycles. The highest BCUT2D eigenvalue weighted by molar-refractivity contribution is 5.95. The van der Waals surface area contributed by atoms with E-state index in [1.54, 1.807) is 6.33 Å². The summed E-state index contributed by atoms with van der Waals surface area (Å²) in [5.74, 6) is -0.854. The van der Waals surface area contributed by atoms with E-state index in [9.17, 15) is 31.1 Å². The van der Waals surface area contributed by atoms with E-state index < -0.39 is 41.0 Å². The fourth-order valence-electron chi connectivity index (χ4n) is 4.73. The van der Waals surface area contributed by atoms with Crippen LogP contribution in [0.4, 0.5) is 26.3 Å². The van der Waals surface area contributed by atoms with Gasteiger partial charge in [-0.15, -0.1) is 24.8 Å². The monoisotopic (exact) mass is 610 g/mol. The van der Waals surface area contributed by atoms with Crippen LogP contribution in [0, 0.1) is 13.8 Å². The highest BCUT2D eigenvalue weighted by Crippen LogP contribution is 2.37. The number of carbonyl (C=O) groups excluding carboxylic acids is 1. The van der Waals surface area contributed by atoms with Crippen LogP contribution in [-0.2, 0) is 32.4 Å². The van der Waals surface area contributed by atoms with Crippen molar-refractivity contribution in [1.29, 1.82) is 0 Å². The highest BCUT2D eigenvalue weighted by atomic mass is 35.5. The fraction of sp³-hybridized carbons (Fsp3) is 0.407. The van der Waals surface area contributed by atoms with E-state index in [1.807, 2.05) is 49.9 Å². The first-order valence-electron chi connectivity index (χ1n) is 12.1. The molecule has 220 valence electrons. The van der Waals surface area contributed by atoms with Gasteiger partial charge in [0.15, 0.2) is 0 Å². The second kappa shape index (κ2) is 12.8. The van der Waals surface area contributed by atoms with Gasteiger partial charge in [0.25, 0.3) is 5.91 Å². The van der Waals surface area contributed by atoms with Crippen LogP contribution >= 0.6 is 24.8 Å². The molecule has 1 aliphatic heterocycles. The molecule has 0 unspecified atom stereocenters. The number of hydrogen-bond donors (Lipinski definition) is 0. The Kier molecular flexibility index (Phi) is 10.7. The molecule has 2 heterocycles. The summed E-state index contributed by atoms with van der Waals surface area (Å²) >= 11 is 0. The van der Waals surface area contributed by atoms with E-state index >= 15 is 0 Å². The molecular weight excluding hydrogens is 581 g/mol. The van der Waals surface area contributed by atoms with E-state index in [0.717, 1.165) is 22.4 Å². The lowest BCUT2D eigenvalue weighted by Crippen LogP contribution is -2.55. The molecule has 0 N–H and O–H groups in total. The van der Waals surface area contributed by atoms with E-state index in [0.29, 0.717) is 38.2 Å². The number of nitrogens with zero attached hydrogens (tertiary/aromatic N) is 4. The van der Waals surface area contributed by atoms with Gasteiger partial charge in [-0.1, -0.05) is 18.2 Å². The minimum Gasteiger partial charge on any atom is -0.340 e. The molecule has 0 radical (unpaired) electrons. The maximum Gasteiger partial charge on any atom is 0.416 e. The number of halogens is 8. The van der Waals surface area contributed by atoms with Gasteiger partial charge in [-0.05, 0) is 55.2 Å². The summed E-state index contributed by atoms with van der Waals surface area (Å²) in [7, 11) is 1.85. The summed E-state index contributed by atoms with van der Waals surface area (Å²) in [4.78, 5) is 21.3. The van der Waals surface area contributed by atoms with Crippen molar-refractivity contribution in [1.82, 2.24) is 19.4 Å². The molecule has 40 heavy (non-hydrogen) atoms. The summed E-state index contributed by atoms with van der Waals surface area (Å²) in [5, 5.41) is 0. The van der Waals surface area contributed by atoms with Crippen LogP contribution in [0.25, 0.3) is 0 Å². The number of alkyl halides is 6. The molecule has 0 saturated carbocycles. The lowest BCUT2D eigenvalue weighted by molar-refractivity contribution is -0.143. The number of rotatable bonds is 5. The molecule has 5 nitrogen and oxygen atoms in total. The molecule has 1 aromatic heterocycles.